The number of oxazole rings is 1. The molecule has 8 heteroatoms. The first-order chi connectivity index (χ1) is 11.7. The van der Waals surface area contributed by atoms with Crippen molar-refractivity contribution >= 4 is 5.91 Å². The summed E-state index contributed by atoms with van der Waals surface area (Å²) < 4.78 is 7.49. The Morgan fingerprint density at radius 3 is 3.00 bits per heavy atom. The van der Waals surface area contributed by atoms with Gasteiger partial charge in [-0.05, 0) is 6.42 Å². The molecule has 1 saturated heterocycles. The van der Waals surface area contributed by atoms with Crippen LogP contribution in [0, 0.1) is 0 Å². The van der Waals surface area contributed by atoms with Crippen LogP contribution in [0.25, 0.3) is 0 Å². The van der Waals surface area contributed by atoms with Gasteiger partial charge in [0, 0.05) is 39.0 Å². The molecule has 0 aliphatic carbocycles. The van der Waals surface area contributed by atoms with Crippen molar-refractivity contribution in [3.8, 4) is 0 Å². The summed E-state index contributed by atoms with van der Waals surface area (Å²) in [5.41, 5.74) is 0. The maximum absolute atomic E-state index is 12.1. The van der Waals surface area contributed by atoms with Crippen LogP contribution < -0.4 is 0 Å². The molecule has 24 heavy (non-hydrogen) atoms. The molecule has 1 aliphatic heterocycles. The third kappa shape index (κ3) is 4.00. The van der Waals surface area contributed by atoms with Crippen LogP contribution in [0.3, 0.4) is 0 Å². The number of aryl methyl sites for hydroxylation is 1. The van der Waals surface area contributed by atoms with Crippen molar-refractivity contribution in [1.29, 1.82) is 0 Å². The second kappa shape index (κ2) is 7.57. The summed E-state index contributed by atoms with van der Waals surface area (Å²) in [6.45, 7) is 7.65. The predicted molar refractivity (Wildman–Crippen MR) is 87.0 cm³/mol. The highest BCUT2D eigenvalue weighted by atomic mass is 16.4. The lowest BCUT2D eigenvalue weighted by Gasteiger charge is -2.27. The number of likely N-dealkylation sites (tertiary alicyclic amines) is 1. The molecule has 0 radical (unpaired) electrons. The smallest absolute Gasteiger partial charge is 0.220 e. The van der Waals surface area contributed by atoms with Gasteiger partial charge in [-0.2, -0.15) is 5.10 Å². The number of nitrogens with zero attached hydrogens (tertiary/aromatic N) is 6. The van der Waals surface area contributed by atoms with E-state index in [0.29, 0.717) is 12.4 Å². The van der Waals surface area contributed by atoms with E-state index in [1.807, 2.05) is 16.5 Å². The Kier molecular flexibility index (Phi) is 5.24. The number of rotatable bonds is 7. The van der Waals surface area contributed by atoms with Crippen molar-refractivity contribution in [2.75, 3.05) is 19.6 Å². The lowest BCUT2D eigenvalue weighted by molar-refractivity contribution is -0.132. The standard InChI is InChI=1S/C16H24N6O2/c1-3-15-8-18-16(24-15)10-22(13(2)23)14-4-5-20(9-14)6-7-21-12-17-11-19-21/h8,11-12,14H,3-7,9-10H2,1-2H3/t14-/m0/s1. The molecule has 130 valence electrons. The van der Waals surface area contributed by atoms with Gasteiger partial charge in [0.25, 0.3) is 0 Å². The van der Waals surface area contributed by atoms with Crippen LogP contribution in [0.1, 0.15) is 31.9 Å². The summed E-state index contributed by atoms with van der Waals surface area (Å²) in [4.78, 5) is 24.5. The first-order valence-electron chi connectivity index (χ1n) is 8.41. The van der Waals surface area contributed by atoms with E-state index in [0.717, 1.165) is 44.8 Å². The maximum atomic E-state index is 12.1. The lowest BCUT2D eigenvalue weighted by atomic mass is 10.2. The number of amides is 1. The van der Waals surface area contributed by atoms with Crippen molar-refractivity contribution in [1.82, 2.24) is 29.5 Å². The van der Waals surface area contributed by atoms with Gasteiger partial charge >= 0.3 is 0 Å². The van der Waals surface area contributed by atoms with Gasteiger partial charge in [0.2, 0.25) is 11.8 Å². The van der Waals surface area contributed by atoms with E-state index in [2.05, 4.69) is 20.0 Å². The lowest BCUT2D eigenvalue weighted by Crippen LogP contribution is -2.40. The van der Waals surface area contributed by atoms with E-state index < -0.39 is 0 Å². The molecular weight excluding hydrogens is 308 g/mol. The zero-order chi connectivity index (χ0) is 16.9. The fourth-order valence-electron chi connectivity index (χ4n) is 3.09. The Labute approximate surface area is 141 Å². The average molecular weight is 332 g/mol. The normalized spacial score (nSPS) is 18.2. The van der Waals surface area contributed by atoms with E-state index in [9.17, 15) is 4.79 Å². The fraction of sp³-hybridized carbons (Fsp3) is 0.625. The molecule has 1 atom stereocenters. The molecule has 2 aromatic heterocycles. The van der Waals surface area contributed by atoms with Gasteiger partial charge in [0.05, 0.1) is 19.3 Å². The summed E-state index contributed by atoms with van der Waals surface area (Å²) in [6.07, 6.45) is 6.80. The molecule has 1 fully saturated rings. The zero-order valence-electron chi connectivity index (χ0n) is 14.3. The summed E-state index contributed by atoms with van der Waals surface area (Å²) >= 11 is 0. The Morgan fingerprint density at radius 1 is 1.46 bits per heavy atom. The zero-order valence-corrected chi connectivity index (χ0v) is 14.3. The minimum absolute atomic E-state index is 0.0642. The van der Waals surface area contributed by atoms with Crippen molar-refractivity contribution in [2.45, 2.75) is 45.8 Å². The number of hydrogen-bond donors (Lipinski definition) is 0. The van der Waals surface area contributed by atoms with E-state index in [4.69, 9.17) is 4.42 Å². The van der Waals surface area contributed by atoms with Crippen LogP contribution >= 0.6 is 0 Å². The van der Waals surface area contributed by atoms with Crippen LogP contribution in [0.5, 0.6) is 0 Å². The van der Waals surface area contributed by atoms with E-state index >= 15 is 0 Å². The molecular formula is C16H24N6O2. The number of carbonyl (C=O) groups excluding carboxylic acids is 1. The van der Waals surface area contributed by atoms with E-state index in [1.54, 1.807) is 25.8 Å². The molecule has 3 heterocycles. The van der Waals surface area contributed by atoms with Crippen LogP contribution in [-0.2, 0) is 24.3 Å². The molecule has 0 N–H and O–H groups in total. The highest BCUT2D eigenvalue weighted by Crippen LogP contribution is 2.19. The molecule has 0 unspecified atom stereocenters. The maximum Gasteiger partial charge on any atom is 0.220 e. The predicted octanol–water partition coefficient (Wildman–Crippen LogP) is 0.951. The summed E-state index contributed by atoms with van der Waals surface area (Å²) in [6, 6.07) is 0.204. The van der Waals surface area contributed by atoms with Crippen molar-refractivity contribution in [2.24, 2.45) is 0 Å². The van der Waals surface area contributed by atoms with Gasteiger partial charge in [0.1, 0.15) is 18.4 Å². The largest absolute Gasteiger partial charge is 0.444 e. The third-order valence-electron chi connectivity index (χ3n) is 4.46. The average Bonchev–Trinajstić information content (AvgIpc) is 3.31. The van der Waals surface area contributed by atoms with Gasteiger partial charge in [0.15, 0.2) is 0 Å². The van der Waals surface area contributed by atoms with Gasteiger partial charge < -0.3 is 9.32 Å². The van der Waals surface area contributed by atoms with E-state index in [-0.39, 0.29) is 11.9 Å². The molecule has 0 aromatic carbocycles. The summed E-state index contributed by atoms with van der Waals surface area (Å²) in [7, 11) is 0. The molecule has 1 amide bonds. The second-order valence-corrected chi connectivity index (χ2v) is 6.12. The number of carbonyl (C=O) groups is 1. The fourth-order valence-corrected chi connectivity index (χ4v) is 3.09. The van der Waals surface area contributed by atoms with Gasteiger partial charge in [-0.1, -0.05) is 6.92 Å². The molecule has 0 spiro atoms. The first kappa shape index (κ1) is 16.6. The molecule has 0 saturated carbocycles. The first-order valence-corrected chi connectivity index (χ1v) is 8.41. The molecule has 0 bridgehead atoms. The van der Waals surface area contributed by atoms with Gasteiger partial charge in [-0.25, -0.2) is 9.97 Å². The third-order valence-corrected chi connectivity index (χ3v) is 4.46. The summed E-state index contributed by atoms with van der Waals surface area (Å²) in [5.74, 6) is 1.53. The van der Waals surface area contributed by atoms with Gasteiger partial charge in [-0.3, -0.25) is 14.4 Å². The SMILES string of the molecule is CCc1cnc(CN(C(C)=O)[C@H]2CCN(CCn3cncn3)C2)o1. The van der Waals surface area contributed by atoms with Crippen molar-refractivity contribution in [3.63, 3.8) is 0 Å². The molecule has 2 aromatic rings. The Morgan fingerprint density at radius 2 is 2.33 bits per heavy atom. The quantitative estimate of drug-likeness (QED) is 0.751. The molecule has 1 aliphatic rings. The Hall–Kier alpha value is -2.22. The molecule has 3 rings (SSSR count). The highest BCUT2D eigenvalue weighted by molar-refractivity contribution is 5.73. The number of aromatic nitrogens is 4. The van der Waals surface area contributed by atoms with Gasteiger partial charge in [-0.15, -0.1) is 0 Å². The van der Waals surface area contributed by atoms with Crippen LogP contribution in [0.4, 0.5) is 0 Å². The van der Waals surface area contributed by atoms with Crippen LogP contribution in [0.2, 0.25) is 0 Å². The van der Waals surface area contributed by atoms with Crippen LogP contribution in [0.15, 0.2) is 23.3 Å². The second-order valence-electron chi connectivity index (χ2n) is 6.12. The highest BCUT2D eigenvalue weighted by Gasteiger charge is 2.30. The minimum atomic E-state index is 0.0642. The van der Waals surface area contributed by atoms with Crippen molar-refractivity contribution in [3.05, 3.63) is 30.5 Å². The topological polar surface area (TPSA) is 80.3 Å². The summed E-state index contributed by atoms with van der Waals surface area (Å²) in [5, 5.41) is 4.12. The Bertz CT molecular complexity index is 653. The van der Waals surface area contributed by atoms with Crippen molar-refractivity contribution < 1.29 is 9.21 Å². The number of hydrogen-bond acceptors (Lipinski definition) is 6. The Balaban J connectivity index is 1.55. The molecule has 8 nitrogen and oxygen atoms in total. The van der Waals surface area contributed by atoms with E-state index in [1.165, 1.54) is 0 Å². The van der Waals surface area contributed by atoms with Crippen LogP contribution in [-0.4, -0.2) is 61.1 Å². The minimum Gasteiger partial charge on any atom is -0.444 e. The monoisotopic (exact) mass is 332 g/mol.